The summed E-state index contributed by atoms with van der Waals surface area (Å²) in [4.78, 5) is 26.1. The van der Waals surface area contributed by atoms with Crippen molar-refractivity contribution in [3.63, 3.8) is 0 Å². The molecule has 1 aromatic carbocycles. The average Bonchev–Trinajstić information content (AvgIpc) is 3.06. The van der Waals surface area contributed by atoms with Gasteiger partial charge in [0.2, 0.25) is 11.8 Å². The van der Waals surface area contributed by atoms with E-state index in [0.29, 0.717) is 48.9 Å². The fourth-order valence-corrected chi connectivity index (χ4v) is 4.38. The van der Waals surface area contributed by atoms with Crippen LogP contribution in [-0.2, 0) is 19.1 Å². The number of hydrogen-bond acceptors (Lipinski definition) is 6. The maximum absolute atomic E-state index is 13.1. The second-order valence-electron chi connectivity index (χ2n) is 8.40. The number of imide groups is 1. The summed E-state index contributed by atoms with van der Waals surface area (Å²) in [5.74, 6) is 1.03. The van der Waals surface area contributed by atoms with Crippen molar-refractivity contribution in [2.24, 2.45) is 5.92 Å². The maximum Gasteiger partial charge on any atom is 0.234 e. The molecule has 0 saturated heterocycles. The van der Waals surface area contributed by atoms with Gasteiger partial charge in [0.25, 0.3) is 0 Å². The fraction of sp³-hybridized carbons (Fsp3) is 0.478. The van der Waals surface area contributed by atoms with Gasteiger partial charge < -0.3 is 18.9 Å². The molecule has 1 aliphatic carbocycles. The van der Waals surface area contributed by atoms with Crippen LogP contribution in [0.15, 0.2) is 41.4 Å². The summed E-state index contributed by atoms with van der Waals surface area (Å²) in [5.41, 5.74) is 1.21. The molecule has 2 unspecified atom stereocenters. The number of allylic oxidation sites excluding steroid dienone is 1. The molecule has 2 atom stereocenters. The van der Waals surface area contributed by atoms with Crippen LogP contribution >= 0.6 is 0 Å². The van der Waals surface area contributed by atoms with Crippen LogP contribution in [0.4, 0.5) is 0 Å². The Bertz CT molecular complexity index is 945. The molecule has 7 nitrogen and oxygen atoms in total. The highest BCUT2D eigenvalue weighted by Crippen LogP contribution is 2.44. The quantitative estimate of drug-likeness (QED) is 0.764. The van der Waals surface area contributed by atoms with Gasteiger partial charge in [0.1, 0.15) is 17.1 Å². The van der Waals surface area contributed by atoms with Gasteiger partial charge in [-0.1, -0.05) is 0 Å². The fourth-order valence-electron chi connectivity index (χ4n) is 4.38. The lowest BCUT2D eigenvalue weighted by Crippen LogP contribution is -2.41. The van der Waals surface area contributed by atoms with E-state index in [-0.39, 0.29) is 11.8 Å². The third kappa shape index (κ3) is 3.64. The monoisotopic (exact) mass is 413 g/mol. The van der Waals surface area contributed by atoms with Crippen LogP contribution in [0.3, 0.4) is 0 Å². The Morgan fingerprint density at radius 3 is 2.63 bits per heavy atom. The third-order valence-corrected chi connectivity index (χ3v) is 5.83. The number of ether oxygens (including phenoxy) is 4. The molecule has 4 rings (SSSR count). The smallest absolute Gasteiger partial charge is 0.234 e. The molecule has 1 aromatic rings. The van der Waals surface area contributed by atoms with Crippen molar-refractivity contribution >= 4 is 11.8 Å². The minimum atomic E-state index is -0.466. The van der Waals surface area contributed by atoms with Crippen LogP contribution in [0.2, 0.25) is 0 Å². The number of benzene rings is 1. The summed E-state index contributed by atoms with van der Waals surface area (Å²) in [6.07, 6.45) is 3.44. The summed E-state index contributed by atoms with van der Waals surface area (Å²) in [6.45, 7) is 4.38. The molecule has 0 radical (unpaired) electrons. The van der Waals surface area contributed by atoms with E-state index in [1.54, 1.807) is 32.4 Å². The predicted octanol–water partition coefficient (Wildman–Crippen LogP) is 3.21. The van der Waals surface area contributed by atoms with Crippen LogP contribution < -0.4 is 14.8 Å². The van der Waals surface area contributed by atoms with Crippen LogP contribution in [0.1, 0.15) is 44.6 Å². The van der Waals surface area contributed by atoms with Crippen molar-refractivity contribution in [2.75, 3.05) is 20.8 Å². The molecule has 0 spiro atoms. The largest absolute Gasteiger partial charge is 0.497 e. The lowest BCUT2D eigenvalue weighted by atomic mass is 9.84. The van der Waals surface area contributed by atoms with Crippen molar-refractivity contribution in [1.29, 1.82) is 0 Å². The van der Waals surface area contributed by atoms with E-state index < -0.39 is 17.4 Å². The zero-order valence-corrected chi connectivity index (χ0v) is 17.7. The van der Waals surface area contributed by atoms with E-state index in [2.05, 4.69) is 5.32 Å². The highest BCUT2D eigenvalue weighted by Gasteiger charge is 2.42. The van der Waals surface area contributed by atoms with Gasteiger partial charge in [-0.15, -0.1) is 0 Å². The lowest BCUT2D eigenvalue weighted by Gasteiger charge is -2.26. The number of rotatable bonds is 4. The van der Waals surface area contributed by atoms with Crippen LogP contribution in [0.25, 0.3) is 0 Å². The standard InChI is InChI=1S/C23H27NO6/c1-23(2)12-17-14(6-8-19(28-4)20(17)30-23)21(25)24-22(26)15-9-10-29-18-7-5-13(27-3)11-16(15)18/h5,7-8,11,14-15H,6,9-10,12H2,1-4H3,(H,24,25,26). The molecule has 30 heavy (non-hydrogen) atoms. The Morgan fingerprint density at radius 2 is 1.90 bits per heavy atom. The van der Waals surface area contributed by atoms with Crippen molar-refractivity contribution < 1.29 is 28.5 Å². The highest BCUT2D eigenvalue weighted by atomic mass is 16.5. The Balaban J connectivity index is 1.53. The first-order valence-corrected chi connectivity index (χ1v) is 10.1. The zero-order chi connectivity index (χ0) is 21.5. The van der Waals surface area contributed by atoms with Crippen molar-refractivity contribution in [2.45, 2.75) is 44.6 Å². The second-order valence-corrected chi connectivity index (χ2v) is 8.40. The lowest BCUT2D eigenvalue weighted by molar-refractivity contribution is -0.133. The minimum Gasteiger partial charge on any atom is -0.497 e. The first-order chi connectivity index (χ1) is 14.3. The number of hydrogen-bond donors (Lipinski definition) is 1. The number of carbonyl (C=O) groups excluding carboxylic acids is 2. The van der Waals surface area contributed by atoms with E-state index >= 15 is 0 Å². The molecule has 2 aliphatic heterocycles. The topological polar surface area (TPSA) is 83.1 Å². The second kappa shape index (κ2) is 7.70. The average molecular weight is 413 g/mol. The van der Waals surface area contributed by atoms with Crippen LogP contribution in [-0.4, -0.2) is 38.2 Å². The van der Waals surface area contributed by atoms with E-state index in [4.69, 9.17) is 18.9 Å². The maximum atomic E-state index is 13.1. The Kier molecular flexibility index (Phi) is 5.22. The summed E-state index contributed by atoms with van der Waals surface area (Å²) in [5, 5.41) is 2.64. The van der Waals surface area contributed by atoms with Gasteiger partial charge in [-0.3, -0.25) is 14.9 Å². The first kappa shape index (κ1) is 20.3. The van der Waals surface area contributed by atoms with Crippen molar-refractivity contribution in [3.05, 3.63) is 46.9 Å². The van der Waals surface area contributed by atoms with Crippen LogP contribution in [0, 0.1) is 5.92 Å². The summed E-state index contributed by atoms with van der Waals surface area (Å²) in [6, 6.07) is 5.38. The summed E-state index contributed by atoms with van der Waals surface area (Å²) < 4.78 is 22.4. The van der Waals surface area contributed by atoms with Crippen molar-refractivity contribution in [1.82, 2.24) is 5.32 Å². The molecule has 2 amide bonds. The number of nitrogens with one attached hydrogen (secondary N) is 1. The Morgan fingerprint density at radius 1 is 1.13 bits per heavy atom. The Labute approximate surface area is 176 Å². The molecular weight excluding hydrogens is 386 g/mol. The highest BCUT2D eigenvalue weighted by molar-refractivity contribution is 6.00. The normalized spacial score (nSPS) is 23.9. The first-order valence-electron chi connectivity index (χ1n) is 10.1. The molecule has 3 aliphatic rings. The minimum absolute atomic E-state index is 0.309. The molecule has 7 heteroatoms. The van der Waals surface area contributed by atoms with Gasteiger partial charge in [-0.25, -0.2) is 0 Å². The molecule has 0 saturated carbocycles. The molecule has 2 heterocycles. The van der Waals surface area contributed by atoms with E-state index in [0.717, 1.165) is 11.1 Å². The van der Waals surface area contributed by atoms with E-state index in [1.165, 1.54) is 0 Å². The molecular formula is C23H27NO6. The third-order valence-electron chi connectivity index (χ3n) is 5.83. The summed E-state index contributed by atoms with van der Waals surface area (Å²) >= 11 is 0. The number of amides is 2. The number of methoxy groups -OCH3 is 2. The molecule has 1 N–H and O–H groups in total. The number of carbonyl (C=O) groups is 2. The van der Waals surface area contributed by atoms with E-state index in [1.807, 2.05) is 19.9 Å². The Hall–Kier alpha value is -2.96. The van der Waals surface area contributed by atoms with Gasteiger partial charge in [0, 0.05) is 12.0 Å². The van der Waals surface area contributed by atoms with E-state index in [9.17, 15) is 9.59 Å². The molecule has 0 fully saturated rings. The van der Waals surface area contributed by atoms with Gasteiger partial charge in [0.05, 0.1) is 32.7 Å². The van der Waals surface area contributed by atoms with Gasteiger partial charge >= 0.3 is 0 Å². The van der Waals surface area contributed by atoms with Crippen LogP contribution in [0.5, 0.6) is 11.5 Å². The molecule has 0 aromatic heterocycles. The van der Waals surface area contributed by atoms with Gasteiger partial charge in [-0.05, 0) is 56.5 Å². The SMILES string of the molecule is COC1=CCC(C(=O)NC(=O)C2CCOc3ccc(OC)cc32)C2=C1OC(C)(C)C2. The number of fused-ring (bicyclic) bond motifs is 1. The summed E-state index contributed by atoms with van der Waals surface area (Å²) in [7, 11) is 3.16. The van der Waals surface area contributed by atoms with Crippen molar-refractivity contribution in [3.8, 4) is 11.5 Å². The molecule has 0 bridgehead atoms. The predicted molar refractivity (Wildman–Crippen MR) is 109 cm³/mol. The molecule has 160 valence electrons. The zero-order valence-electron chi connectivity index (χ0n) is 17.7. The van der Waals surface area contributed by atoms with Gasteiger partial charge in [0.15, 0.2) is 11.5 Å². The van der Waals surface area contributed by atoms with Gasteiger partial charge in [-0.2, -0.15) is 0 Å².